The quantitative estimate of drug-likeness (QED) is 0.776. The molecular weight excluding hydrogens is 326 g/mol. The molecule has 0 aliphatic carbocycles. The lowest BCUT2D eigenvalue weighted by molar-refractivity contribution is 0.102. The van der Waals surface area contributed by atoms with Crippen LogP contribution in [0.25, 0.3) is 0 Å². The molecule has 21 heavy (non-hydrogen) atoms. The summed E-state index contributed by atoms with van der Waals surface area (Å²) in [5, 5.41) is 3.05. The van der Waals surface area contributed by atoms with Crippen LogP contribution in [0.3, 0.4) is 0 Å². The van der Waals surface area contributed by atoms with Crippen molar-refractivity contribution in [2.24, 2.45) is 0 Å². The molecule has 1 N–H and O–H groups in total. The van der Waals surface area contributed by atoms with Crippen LogP contribution in [-0.2, 0) is 0 Å². The maximum atomic E-state index is 12.5. The lowest BCUT2D eigenvalue weighted by Crippen LogP contribution is -2.15. The average Bonchev–Trinajstić information content (AvgIpc) is 2.49. The number of hydrogen-bond acceptors (Lipinski definition) is 1. The summed E-state index contributed by atoms with van der Waals surface area (Å²) in [6.07, 6.45) is 1.04. The molecule has 0 bridgehead atoms. The zero-order chi connectivity index (χ0) is 15.4. The molecule has 2 aromatic rings. The molecule has 1 amide bonds. The number of carbonyl (C=O) groups is 1. The minimum Gasteiger partial charge on any atom is -0.322 e. The molecule has 2 aromatic carbocycles. The van der Waals surface area contributed by atoms with Gasteiger partial charge in [0.15, 0.2) is 0 Å². The number of para-hydroxylation sites is 1. The van der Waals surface area contributed by atoms with Crippen molar-refractivity contribution < 1.29 is 4.79 Å². The average molecular weight is 346 g/mol. The fraction of sp³-hybridized carbons (Fsp3) is 0.278. The van der Waals surface area contributed by atoms with Crippen molar-refractivity contribution in [1.29, 1.82) is 0 Å². The molecule has 1 atom stereocenters. The second-order valence-electron chi connectivity index (χ2n) is 5.31. The molecule has 1 unspecified atom stereocenters. The zero-order valence-corrected chi connectivity index (χ0v) is 14.2. The molecule has 0 saturated heterocycles. The highest BCUT2D eigenvalue weighted by molar-refractivity contribution is 9.10. The van der Waals surface area contributed by atoms with Crippen molar-refractivity contribution in [2.75, 3.05) is 5.32 Å². The normalized spacial score (nSPS) is 12.0. The highest BCUT2D eigenvalue weighted by Crippen LogP contribution is 2.27. The molecule has 0 spiro atoms. The van der Waals surface area contributed by atoms with Gasteiger partial charge in [0, 0.05) is 15.7 Å². The first-order chi connectivity index (χ1) is 10.0. The van der Waals surface area contributed by atoms with E-state index in [4.69, 9.17) is 0 Å². The lowest BCUT2D eigenvalue weighted by Gasteiger charge is -2.16. The molecule has 0 saturated carbocycles. The van der Waals surface area contributed by atoms with Crippen molar-refractivity contribution in [3.63, 3.8) is 0 Å². The van der Waals surface area contributed by atoms with Crippen molar-refractivity contribution in [3.05, 3.63) is 63.6 Å². The molecule has 0 heterocycles. The van der Waals surface area contributed by atoms with E-state index in [1.165, 1.54) is 5.56 Å². The van der Waals surface area contributed by atoms with Crippen LogP contribution in [0.15, 0.2) is 46.9 Å². The van der Waals surface area contributed by atoms with Crippen LogP contribution in [0.2, 0.25) is 0 Å². The Morgan fingerprint density at radius 1 is 1.24 bits per heavy atom. The van der Waals surface area contributed by atoms with Gasteiger partial charge >= 0.3 is 0 Å². The molecular formula is C18H20BrNO. The van der Waals surface area contributed by atoms with E-state index in [0.29, 0.717) is 11.5 Å². The lowest BCUT2D eigenvalue weighted by atomic mass is 9.96. The fourth-order valence-corrected chi connectivity index (χ4v) is 2.65. The van der Waals surface area contributed by atoms with Crippen LogP contribution in [0, 0.1) is 6.92 Å². The first kappa shape index (κ1) is 15.8. The molecule has 110 valence electrons. The highest BCUT2D eigenvalue weighted by Gasteiger charge is 2.14. The van der Waals surface area contributed by atoms with E-state index in [9.17, 15) is 4.79 Å². The van der Waals surface area contributed by atoms with E-state index >= 15 is 0 Å². The van der Waals surface area contributed by atoms with Crippen molar-refractivity contribution in [3.8, 4) is 0 Å². The summed E-state index contributed by atoms with van der Waals surface area (Å²) < 4.78 is 0.911. The van der Waals surface area contributed by atoms with Crippen LogP contribution in [0.5, 0.6) is 0 Å². The van der Waals surface area contributed by atoms with Crippen LogP contribution < -0.4 is 5.32 Å². The van der Waals surface area contributed by atoms with Crippen molar-refractivity contribution in [1.82, 2.24) is 0 Å². The number of amides is 1. The Morgan fingerprint density at radius 2 is 1.95 bits per heavy atom. The minimum absolute atomic E-state index is 0.0652. The maximum Gasteiger partial charge on any atom is 0.255 e. The van der Waals surface area contributed by atoms with E-state index in [1.807, 2.05) is 43.3 Å². The van der Waals surface area contributed by atoms with Gasteiger partial charge in [0.2, 0.25) is 0 Å². The molecule has 2 rings (SSSR count). The van der Waals surface area contributed by atoms with E-state index in [2.05, 4.69) is 41.2 Å². The summed E-state index contributed by atoms with van der Waals surface area (Å²) in [5.74, 6) is 0.356. The van der Waals surface area contributed by atoms with Gasteiger partial charge in [-0.25, -0.2) is 0 Å². The van der Waals surface area contributed by atoms with Crippen LogP contribution in [0.4, 0.5) is 5.69 Å². The third-order valence-corrected chi connectivity index (χ3v) is 4.29. The number of anilines is 1. The Bertz CT molecular complexity index is 651. The van der Waals surface area contributed by atoms with Crippen molar-refractivity contribution >= 4 is 27.5 Å². The van der Waals surface area contributed by atoms with Gasteiger partial charge in [0.05, 0.1) is 0 Å². The van der Waals surface area contributed by atoms with Crippen LogP contribution >= 0.6 is 15.9 Å². The number of rotatable bonds is 4. The number of nitrogens with one attached hydrogen (secondary N) is 1. The number of carbonyl (C=O) groups excluding carboxylic acids is 1. The Balaban J connectivity index is 2.30. The Labute approximate surface area is 134 Å². The summed E-state index contributed by atoms with van der Waals surface area (Å²) >= 11 is 3.42. The van der Waals surface area contributed by atoms with Gasteiger partial charge in [0.25, 0.3) is 5.91 Å². The molecule has 0 radical (unpaired) electrons. The summed E-state index contributed by atoms with van der Waals surface area (Å²) in [4.78, 5) is 12.5. The van der Waals surface area contributed by atoms with Gasteiger partial charge < -0.3 is 5.32 Å². The largest absolute Gasteiger partial charge is 0.322 e. The fourth-order valence-electron chi connectivity index (χ4n) is 2.29. The first-order valence-corrected chi connectivity index (χ1v) is 7.98. The van der Waals surface area contributed by atoms with Gasteiger partial charge in [-0.05, 0) is 48.6 Å². The Hall–Kier alpha value is -1.61. The molecule has 3 heteroatoms. The molecule has 0 aliphatic rings. The number of hydrogen-bond donors (Lipinski definition) is 1. The standard InChI is InChI=1S/C18H20BrNO/c1-4-12(2)15-7-5-6-8-17(15)20-18(21)16-11-14(19)10-9-13(16)3/h5-12H,4H2,1-3H3,(H,20,21). The predicted octanol–water partition coefficient (Wildman–Crippen LogP) is 5.52. The number of aryl methyl sites for hydroxylation is 1. The SMILES string of the molecule is CCC(C)c1ccccc1NC(=O)c1cc(Br)ccc1C. The van der Waals surface area contributed by atoms with Crippen LogP contribution in [0.1, 0.15) is 47.7 Å². The number of benzene rings is 2. The van der Waals surface area contributed by atoms with Gasteiger partial charge in [-0.1, -0.05) is 54.0 Å². The third-order valence-electron chi connectivity index (χ3n) is 3.80. The number of halogens is 1. The Kier molecular flexibility index (Phi) is 5.18. The topological polar surface area (TPSA) is 29.1 Å². The smallest absolute Gasteiger partial charge is 0.255 e. The monoisotopic (exact) mass is 345 g/mol. The molecule has 0 aliphatic heterocycles. The van der Waals surface area contributed by atoms with Crippen LogP contribution in [-0.4, -0.2) is 5.91 Å². The van der Waals surface area contributed by atoms with Gasteiger partial charge in [-0.2, -0.15) is 0 Å². The summed E-state index contributed by atoms with van der Waals surface area (Å²) in [6, 6.07) is 13.8. The third kappa shape index (κ3) is 3.73. The van der Waals surface area contributed by atoms with E-state index < -0.39 is 0 Å². The Morgan fingerprint density at radius 3 is 2.67 bits per heavy atom. The maximum absolute atomic E-state index is 12.5. The summed E-state index contributed by atoms with van der Waals surface area (Å²) in [6.45, 7) is 6.28. The minimum atomic E-state index is -0.0652. The summed E-state index contributed by atoms with van der Waals surface area (Å²) in [7, 11) is 0. The molecule has 0 aromatic heterocycles. The van der Waals surface area contributed by atoms with E-state index in [0.717, 1.165) is 22.1 Å². The second kappa shape index (κ2) is 6.90. The second-order valence-corrected chi connectivity index (χ2v) is 6.23. The molecule has 0 fully saturated rings. The van der Waals surface area contributed by atoms with Crippen molar-refractivity contribution in [2.45, 2.75) is 33.1 Å². The summed E-state index contributed by atoms with van der Waals surface area (Å²) in [5.41, 5.74) is 3.75. The predicted molar refractivity (Wildman–Crippen MR) is 92.0 cm³/mol. The van der Waals surface area contributed by atoms with E-state index in [-0.39, 0.29) is 5.91 Å². The van der Waals surface area contributed by atoms with Gasteiger partial charge in [-0.15, -0.1) is 0 Å². The first-order valence-electron chi connectivity index (χ1n) is 7.19. The van der Waals surface area contributed by atoms with Gasteiger partial charge in [-0.3, -0.25) is 4.79 Å². The van der Waals surface area contributed by atoms with Gasteiger partial charge in [0.1, 0.15) is 0 Å². The van der Waals surface area contributed by atoms with E-state index in [1.54, 1.807) is 0 Å². The molecule has 2 nitrogen and oxygen atoms in total. The highest BCUT2D eigenvalue weighted by atomic mass is 79.9. The zero-order valence-electron chi connectivity index (χ0n) is 12.6.